The van der Waals surface area contributed by atoms with E-state index in [9.17, 15) is 9.59 Å². The van der Waals surface area contributed by atoms with Gasteiger partial charge in [0.05, 0.1) is 28.8 Å². The van der Waals surface area contributed by atoms with Crippen LogP contribution in [0.25, 0.3) is 0 Å². The number of halogens is 1. The molecule has 0 spiro atoms. The van der Waals surface area contributed by atoms with E-state index in [1.165, 1.54) is 13.2 Å². The van der Waals surface area contributed by atoms with E-state index < -0.39 is 11.4 Å². The number of hydrogen-bond acceptors (Lipinski definition) is 5. The highest BCUT2D eigenvalue weighted by Gasteiger charge is 2.51. The molecule has 140 valence electrons. The Bertz CT molecular complexity index is 923. The van der Waals surface area contributed by atoms with Crippen LogP contribution in [0.5, 0.6) is 11.5 Å². The van der Waals surface area contributed by atoms with Gasteiger partial charge in [0.25, 0.3) is 0 Å². The number of hydrogen-bond donors (Lipinski definition) is 1. The molecular weight excluding hydrogens is 370 g/mol. The van der Waals surface area contributed by atoms with Gasteiger partial charge in [0, 0.05) is 0 Å². The highest BCUT2D eigenvalue weighted by Crippen LogP contribution is 2.51. The molecular formula is C20H18ClNO5. The fourth-order valence-corrected chi connectivity index (χ4v) is 3.39. The van der Waals surface area contributed by atoms with E-state index in [-0.39, 0.29) is 5.91 Å². The molecule has 0 bridgehead atoms. The van der Waals surface area contributed by atoms with Crippen molar-refractivity contribution in [2.24, 2.45) is 0 Å². The van der Waals surface area contributed by atoms with Gasteiger partial charge in [0.1, 0.15) is 13.2 Å². The van der Waals surface area contributed by atoms with Crippen LogP contribution in [0.2, 0.25) is 5.02 Å². The second-order valence-electron chi connectivity index (χ2n) is 6.58. The van der Waals surface area contributed by atoms with Gasteiger partial charge in [-0.1, -0.05) is 17.7 Å². The summed E-state index contributed by atoms with van der Waals surface area (Å²) >= 11 is 6.20. The van der Waals surface area contributed by atoms with Gasteiger partial charge in [-0.2, -0.15) is 0 Å². The van der Waals surface area contributed by atoms with E-state index in [0.717, 1.165) is 18.4 Å². The monoisotopic (exact) mass is 387 g/mol. The van der Waals surface area contributed by atoms with Crippen molar-refractivity contribution in [3.8, 4) is 11.5 Å². The summed E-state index contributed by atoms with van der Waals surface area (Å²) in [6, 6.07) is 10.2. The molecule has 1 saturated carbocycles. The number of carbonyl (C=O) groups excluding carboxylic acids is 2. The zero-order valence-electron chi connectivity index (χ0n) is 14.7. The van der Waals surface area contributed by atoms with Crippen LogP contribution in [0.1, 0.15) is 28.8 Å². The fourth-order valence-electron chi connectivity index (χ4n) is 3.22. The van der Waals surface area contributed by atoms with Crippen LogP contribution in [-0.4, -0.2) is 32.2 Å². The normalized spacial score (nSPS) is 16.4. The molecule has 0 saturated heterocycles. The lowest BCUT2D eigenvalue weighted by molar-refractivity contribution is -0.118. The first-order valence-electron chi connectivity index (χ1n) is 8.63. The Morgan fingerprint density at radius 1 is 1.07 bits per heavy atom. The number of ether oxygens (including phenoxy) is 3. The number of methoxy groups -OCH3 is 1. The zero-order chi connectivity index (χ0) is 19.0. The van der Waals surface area contributed by atoms with Crippen molar-refractivity contribution < 1.29 is 23.8 Å². The van der Waals surface area contributed by atoms with Crippen LogP contribution in [0.4, 0.5) is 5.69 Å². The summed E-state index contributed by atoms with van der Waals surface area (Å²) in [4.78, 5) is 24.7. The molecule has 0 unspecified atom stereocenters. The first kappa shape index (κ1) is 17.7. The number of nitrogens with one attached hydrogen (secondary N) is 1. The van der Waals surface area contributed by atoms with Gasteiger partial charge < -0.3 is 19.5 Å². The Morgan fingerprint density at radius 3 is 2.52 bits per heavy atom. The number of esters is 1. The zero-order valence-corrected chi connectivity index (χ0v) is 15.5. The minimum Gasteiger partial charge on any atom is -0.486 e. The number of anilines is 1. The third-order valence-electron chi connectivity index (χ3n) is 4.92. The van der Waals surface area contributed by atoms with Crippen molar-refractivity contribution in [2.75, 3.05) is 25.6 Å². The van der Waals surface area contributed by atoms with Crippen LogP contribution in [0.3, 0.4) is 0 Å². The highest BCUT2D eigenvalue weighted by molar-refractivity contribution is 6.34. The number of benzene rings is 2. The van der Waals surface area contributed by atoms with Crippen LogP contribution in [0, 0.1) is 0 Å². The third kappa shape index (κ3) is 3.21. The average molecular weight is 388 g/mol. The molecule has 0 aromatic heterocycles. The van der Waals surface area contributed by atoms with E-state index >= 15 is 0 Å². The average Bonchev–Trinajstić information content (AvgIpc) is 3.50. The van der Waals surface area contributed by atoms with Crippen molar-refractivity contribution in [2.45, 2.75) is 18.3 Å². The molecule has 2 aliphatic rings. The van der Waals surface area contributed by atoms with Gasteiger partial charge in [0.15, 0.2) is 11.5 Å². The Morgan fingerprint density at radius 2 is 1.81 bits per heavy atom. The second kappa shape index (κ2) is 6.78. The molecule has 27 heavy (non-hydrogen) atoms. The maximum Gasteiger partial charge on any atom is 0.337 e. The van der Waals surface area contributed by atoms with Gasteiger partial charge >= 0.3 is 5.97 Å². The van der Waals surface area contributed by atoms with Gasteiger partial charge in [-0.3, -0.25) is 4.79 Å². The Labute approximate surface area is 161 Å². The smallest absolute Gasteiger partial charge is 0.337 e. The predicted molar refractivity (Wildman–Crippen MR) is 99.8 cm³/mol. The number of carbonyl (C=O) groups is 2. The van der Waals surface area contributed by atoms with Crippen LogP contribution in [0.15, 0.2) is 36.4 Å². The summed E-state index contributed by atoms with van der Waals surface area (Å²) in [6.07, 6.45) is 1.46. The number of amides is 1. The van der Waals surface area contributed by atoms with E-state index in [1.807, 2.05) is 18.2 Å². The molecule has 1 fully saturated rings. The van der Waals surface area contributed by atoms with E-state index in [0.29, 0.717) is 41.0 Å². The molecule has 1 N–H and O–H groups in total. The van der Waals surface area contributed by atoms with Crippen molar-refractivity contribution in [1.82, 2.24) is 0 Å². The molecule has 1 heterocycles. The number of rotatable bonds is 4. The largest absolute Gasteiger partial charge is 0.486 e. The van der Waals surface area contributed by atoms with Gasteiger partial charge in [-0.25, -0.2) is 4.79 Å². The summed E-state index contributed by atoms with van der Waals surface area (Å²) in [5, 5.41) is 3.22. The van der Waals surface area contributed by atoms with Gasteiger partial charge in [0.2, 0.25) is 5.91 Å². The standard InChI is InChI=1S/C20H18ClNO5/c1-25-18(23)12-2-4-14(21)15(10-12)22-19(24)20(6-7-20)13-3-5-16-17(11-13)27-9-8-26-16/h2-5,10-11H,6-9H2,1H3,(H,22,24). The first-order chi connectivity index (χ1) is 13.0. The van der Waals surface area contributed by atoms with Gasteiger partial charge in [-0.15, -0.1) is 0 Å². The minimum absolute atomic E-state index is 0.164. The molecule has 2 aromatic rings. The molecule has 0 radical (unpaired) electrons. The topological polar surface area (TPSA) is 73.9 Å². The van der Waals surface area contributed by atoms with E-state index in [4.69, 9.17) is 25.8 Å². The van der Waals surface area contributed by atoms with Crippen molar-refractivity contribution >= 4 is 29.2 Å². The van der Waals surface area contributed by atoms with E-state index in [1.54, 1.807) is 12.1 Å². The highest BCUT2D eigenvalue weighted by atomic mass is 35.5. The molecule has 1 amide bonds. The van der Waals surface area contributed by atoms with Crippen molar-refractivity contribution in [3.05, 3.63) is 52.5 Å². The minimum atomic E-state index is -0.625. The van der Waals surface area contributed by atoms with Crippen molar-refractivity contribution in [3.63, 3.8) is 0 Å². The van der Waals surface area contributed by atoms with Crippen LogP contribution >= 0.6 is 11.6 Å². The first-order valence-corrected chi connectivity index (χ1v) is 9.01. The maximum absolute atomic E-state index is 13.0. The molecule has 2 aromatic carbocycles. The molecule has 4 rings (SSSR count). The Kier molecular flexibility index (Phi) is 4.44. The summed E-state index contributed by atoms with van der Waals surface area (Å²) in [6.45, 7) is 1.01. The van der Waals surface area contributed by atoms with Crippen molar-refractivity contribution in [1.29, 1.82) is 0 Å². The van der Waals surface area contributed by atoms with Gasteiger partial charge in [-0.05, 0) is 48.7 Å². The SMILES string of the molecule is COC(=O)c1ccc(Cl)c(NC(=O)C2(c3ccc4c(c3)OCCO4)CC2)c1. The van der Waals surface area contributed by atoms with Crippen LogP contribution < -0.4 is 14.8 Å². The van der Waals surface area contributed by atoms with Crippen LogP contribution in [-0.2, 0) is 14.9 Å². The quantitative estimate of drug-likeness (QED) is 0.812. The lowest BCUT2D eigenvalue weighted by atomic mass is 9.94. The number of fused-ring (bicyclic) bond motifs is 1. The second-order valence-corrected chi connectivity index (χ2v) is 6.99. The molecule has 1 aliphatic heterocycles. The summed E-state index contributed by atoms with van der Waals surface area (Å²) in [7, 11) is 1.30. The summed E-state index contributed by atoms with van der Waals surface area (Å²) < 4.78 is 15.9. The Balaban J connectivity index is 1.59. The molecule has 7 heteroatoms. The Hall–Kier alpha value is -2.73. The van der Waals surface area contributed by atoms with E-state index in [2.05, 4.69) is 5.32 Å². The lowest BCUT2D eigenvalue weighted by Gasteiger charge is -2.22. The predicted octanol–water partition coefficient (Wildman–Crippen LogP) is 3.57. The summed E-state index contributed by atoms with van der Waals surface area (Å²) in [5.74, 6) is 0.691. The molecule has 1 aliphatic carbocycles. The summed E-state index contributed by atoms with van der Waals surface area (Å²) in [5.41, 5.74) is 0.958. The maximum atomic E-state index is 13.0. The molecule has 6 nitrogen and oxygen atoms in total. The fraction of sp³-hybridized carbons (Fsp3) is 0.300. The third-order valence-corrected chi connectivity index (χ3v) is 5.24. The lowest BCUT2D eigenvalue weighted by Crippen LogP contribution is -2.28. The molecule has 0 atom stereocenters.